The van der Waals surface area contributed by atoms with E-state index in [2.05, 4.69) is 17.5 Å². The Balaban J connectivity index is 1.38. The Morgan fingerprint density at radius 3 is 2.30 bits per heavy atom. The molecule has 1 spiro atoms. The largest absolute Gasteiger partial charge is 0.421 e. The Morgan fingerprint density at radius 1 is 1.08 bits per heavy atom. The Morgan fingerprint density at radius 2 is 1.73 bits per heavy atom. The standard InChI is InChI=1S/C25H30F3N3O4S2/c1-23(32,25(26,27)28)18-6-8-19(9-7-18)31-11-10-30(37(33,34)22-5-3-2-4-21(22)36)13-20(31)12-29-14-24(15-29)16-35-17-24/h2-9,20,32,36H,10-17H2,1H3/t20-,23-/m0/s1. The van der Waals surface area contributed by atoms with Crippen LogP contribution in [0.2, 0.25) is 0 Å². The van der Waals surface area contributed by atoms with Crippen molar-refractivity contribution in [3.05, 3.63) is 54.1 Å². The Kier molecular flexibility index (Phi) is 6.82. The fourth-order valence-electron chi connectivity index (χ4n) is 5.40. The average Bonchev–Trinajstić information content (AvgIpc) is 2.79. The summed E-state index contributed by atoms with van der Waals surface area (Å²) >= 11 is 4.34. The molecular weight excluding hydrogens is 527 g/mol. The number of thiol groups is 1. The van der Waals surface area contributed by atoms with Crippen LogP contribution < -0.4 is 4.90 Å². The van der Waals surface area contributed by atoms with E-state index in [0.717, 1.165) is 33.2 Å². The van der Waals surface area contributed by atoms with Crippen LogP contribution in [0.1, 0.15) is 12.5 Å². The van der Waals surface area contributed by atoms with Crippen LogP contribution in [0.25, 0.3) is 0 Å². The number of hydrogen-bond acceptors (Lipinski definition) is 7. The molecule has 0 amide bonds. The van der Waals surface area contributed by atoms with Gasteiger partial charge in [0.2, 0.25) is 10.0 Å². The summed E-state index contributed by atoms with van der Waals surface area (Å²) in [6.07, 6.45) is -4.81. The topological polar surface area (TPSA) is 73.3 Å². The van der Waals surface area contributed by atoms with Crippen LogP contribution >= 0.6 is 12.6 Å². The monoisotopic (exact) mass is 557 g/mol. The van der Waals surface area contributed by atoms with Crippen LogP contribution in [0.3, 0.4) is 0 Å². The van der Waals surface area contributed by atoms with Gasteiger partial charge in [0, 0.05) is 55.3 Å². The smallest absolute Gasteiger partial charge is 0.380 e. The average molecular weight is 558 g/mol. The van der Waals surface area contributed by atoms with Crippen molar-refractivity contribution in [1.82, 2.24) is 9.21 Å². The summed E-state index contributed by atoms with van der Waals surface area (Å²) in [5.74, 6) is 0. The number of halogens is 3. The molecule has 7 nitrogen and oxygen atoms in total. The van der Waals surface area contributed by atoms with Gasteiger partial charge in [-0.15, -0.1) is 12.6 Å². The third kappa shape index (κ3) is 4.87. The van der Waals surface area contributed by atoms with Gasteiger partial charge in [-0.2, -0.15) is 17.5 Å². The second-order valence-electron chi connectivity index (χ2n) is 10.5. The lowest BCUT2D eigenvalue weighted by molar-refractivity contribution is -0.258. The number of likely N-dealkylation sites (tertiary alicyclic amines) is 1. The van der Waals surface area contributed by atoms with Crippen LogP contribution in [0.5, 0.6) is 0 Å². The van der Waals surface area contributed by atoms with E-state index >= 15 is 0 Å². The summed E-state index contributed by atoms with van der Waals surface area (Å²) in [7, 11) is -3.78. The minimum Gasteiger partial charge on any atom is -0.380 e. The van der Waals surface area contributed by atoms with Crippen molar-refractivity contribution >= 4 is 28.3 Å². The first-order chi connectivity index (χ1) is 17.3. The van der Waals surface area contributed by atoms with Crippen LogP contribution in [-0.4, -0.2) is 87.4 Å². The minimum atomic E-state index is -4.81. The number of sulfonamides is 1. The second-order valence-corrected chi connectivity index (χ2v) is 12.8. The van der Waals surface area contributed by atoms with Crippen LogP contribution in [0, 0.1) is 5.41 Å². The van der Waals surface area contributed by atoms with Gasteiger partial charge >= 0.3 is 6.18 Å². The predicted molar refractivity (Wildman–Crippen MR) is 135 cm³/mol. The fourth-order valence-corrected chi connectivity index (χ4v) is 7.46. The molecule has 3 saturated heterocycles. The Labute approximate surface area is 220 Å². The molecule has 0 aliphatic carbocycles. The number of hydrogen-bond donors (Lipinski definition) is 2. The van der Waals surface area contributed by atoms with Crippen molar-refractivity contribution in [3.63, 3.8) is 0 Å². The summed E-state index contributed by atoms with van der Waals surface area (Å²) in [5, 5.41) is 10.0. The van der Waals surface area contributed by atoms with E-state index in [0.29, 0.717) is 23.7 Å². The summed E-state index contributed by atoms with van der Waals surface area (Å²) in [6, 6.07) is 12.0. The zero-order chi connectivity index (χ0) is 26.6. The number of rotatable bonds is 6. The zero-order valence-corrected chi connectivity index (χ0v) is 22.1. The molecule has 12 heteroatoms. The molecule has 0 unspecified atom stereocenters. The van der Waals surface area contributed by atoms with E-state index < -0.39 is 21.8 Å². The molecule has 37 heavy (non-hydrogen) atoms. The molecule has 2 aromatic carbocycles. The molecule has 3 fully saturated rings. The SMILES string of the molecule is C[C@](O)(c1ccc(N2CCN(S(=O)(=O)c3ccccc3S)C[C@@H]2CN2CC3(COC3)C2)cc1)C(F)(F)F. The quantitative estimate of drug-likeness (QED) is 0.533. The number of nitrogens with zero attached hydrogens (tertiary/aromatic N) is 3. The second kappa shape index (κ2) is 9.42. The lowest BCUT2D eigenvalue weighted by atomic mass is 9.78. The van der Waals surface area contributed by atoms with E-state index in [1.165, 1.54) is 16.4 Å². The van der Waals surface area contributed by atoms with Crippen molar-refractivity contribution in [2.45, 2.75) is 34.5 Å². The zero-order valence-electron chi connectivity index (χ0n) is 20.4. The molecule has 3 aliphatic rings. The fraction of sp³-hybridized carbons (Fsp3) is 0.520. The van der Waals surface area contributed by atoms with Gasteiger partial charge in [-0.1, -0.05) is 24.3 Å². The first-order valence-electron chi connectivity index (χ1n) is 12.1. The highest BCUT2D eigenvalue weighted by atomic mass is 32.2. The Bertz CT molecular complexity index is 1240. The van der Waals surface area contributed by atoms with Gasteiger partial charge < -0.3 is 14.7 Å². The predicted octanol–water partition coefficient (Wildman–Crippen LogP) is 2.96. The van der Waals surface area contributed by atoms with Crippen LogP contribution in [-0.2, 0) is 20.4 Å². The number of benzene rings is 2. The van der Waals surface area contributed by atoms with Gasteiger partial charge in [0.15, 0.2) is 5.60 Å². The van der Waals surface area contributed by atoms with E-state index in [9.17, 15) is 26.7 Å². The molecule has 1 N–H and O–H groups in total. The molecule has 2 atom stereocenters. The maximum atomic E-state index is 13.5. The normalized spacial score (nSPS) is 24.4. The highest BCUT2D eigenvalue weighted by molar-refractivity contribution is 7.90. The highest BCUT2D eigenvalue weighted by Crippen LogP contribution is 2.40. The maximum absolute atomic E-state index is 13.5. The third-order valence-corrected chi connectivity index (χ3v) is 10.1. The summed E-state index contributed by atoms with van der Waals surface area (Å²) in [6.45, 7) is 5.38. The van der Waals surface area contributed by atoms with Gasteiger partial charge in [0.25, 0.3) is 0 Å². The number of alkyl halides is 3. The molecule has 0 aromatic heterocycles. The van der Waals surface area contributed by atoms with Crippen molar-refractivity contribution in [2.24, 2.45) is 5.41 Å². The maximum Gasteiger partial charge on any atom is 0.421 e. The van der Waals surface area contributed by atoms with Gasteiger partial charge in [-0.05, 0) is 36.8 Å². The lowest BCUT2D eigenvalue weighted by Gasteiger charge is -2.57. The van der Waals surface area contributed by atoms with Gasteiger partial charge in [0.05, 0.1) is 24.2 Å². The summed E-state index contributed by atoms with van der Waals surface area (Å²) in [5.41, 5.74) is -2.34. The van der Waals surface area contributed by atoms with E-state index in [-0.39, 0.29) is 35.0 Å². The van der Waals surface area contributed by atoms with Crippen LogP contribution in [0.15, 0.2) is 58.3 Å². The van der Waals surface area contributed by atoms with Gasteiger partial charge in [-0.3, -0.25) is 4.90 Å². The van der Waals surface area contributed by atoms with Crippen LogP contribution in [0.4, 0.5) is 18.9 Å². The molecule has 0 bridgehead atoms. The number of aliphatic hydroxyl groups is 1. The molecule has 0 saturated carbocycles. The molecule has 3 heterocycles. The number of piperazine rings is 1. The summed E-state index contributed by atoms with van der Waals surface area (Å²) in [4.78, 5) is 4.85. The van der Waals surface area contributed by atoms with Gasteiger partial charge in [0.1, 0.15) is 0 Å². The Hall–Kier alpha value is -1.83. The molecule has 2 aromatic rings. The van der Waals surface area contributed by atoms with E-state index in [1.807, 2.05) is 4.90 Å². The number of ether oxygens (including phenoxy) is 1. The molecule has 5 rings (SSSR count). The van der Waals surface area contributed by atoms with Crippen molar-refractivity contribution in [3.8, 4) is 0 Å². The van der Waals surface area contributed by atoms with Crippen molar-refractivity contribution < 1.29 is 31.4 Å². The molecule has 3 aliphatic heterocycles. The van der Waals surface area contributed by atoms with Crippen molar-refractivity contribution in [2.75, 3.05) is 57.4 Å². The highest BCUT2D eigenvalue weighted by Gasteiger charge is 2.52. The van der Waals surface area contributed by atoms with Crippen molar-refractivity contribution in [1.29, 1.82) is 0 Å². The third-order valence-electron chi connectivity index (χ3n) is 7.65. The molecule has 0 radical (unpaired) electrons. The summed E-state index contributed by atoms with van der Waals surface area (Å²) < 4.78 is 73.7. The minimum absolute atomic E-state index is 0.152. The van der Waals surface area contributed by atoms with E-state index in [4.69, 9.17) is 4.74 Å². The first kappa shape index (κ1) is 26.8. The number of anilines is 1. The van der Waals surface area contributed by atoms with E-state index in [1.54, 1.807) is 36.4 Å². The molecular formula is C25H30F3N3O4S2. The lowest BCUT2D eigenvalue weighted by Crippen LogP contribution is -2.69. The first-order valence-corrected chi connectivity index (χ1v) is 14.0. The molecule has 202 valence electrons. The van der Waals surface area contributed by atoms with Gasteiger partial charge in [-0.25, -0.2) is 8.42 Å².